The summed E-state index contributed by atoms with van der Waals surface area (Å²) in [6, 6.07) is 25.4. The van der Waals surface area contributed by atoms with E-state index in [0.717, 1.165) is 23.3 Å². The molecule has 0 aromatic heterocycles. The minimum Gasteiger partial charge on any atom is -0.386 e. The van der Waals surface area contributed by atoms with E-state index >= 15 is 0 Å². The summed E-state index contributed by atoms with van der Waals surface area (Å²) in [5, 5.41) is 13.8. The van der Waals surface area contributed by atoms with Crippen molar-refractivity contribution in [1.82, 2.24) is 5.32 Å². The number of aliphatic hydroxyl groups excluding tert-OH is 1. The van der Waals surface area contributed by atoms with E-state index in [1.807, 2.05) is 36.4 Å². The summed E-state index contributed by atoms with van der Waals surface area (Å²) in [5.41, 5.74) is 2.20. The van der Waals surface area contributed by atoms with Crippen LogP contribution in [-0.4, -0.2) is 17.1 Å². The van der Waals surface area contributed by atoms with Gasteiger partial charge >= 0.3 is 6.18 Å². The van der Waals surface area contributed by atoms with E-state index in [-0.39, 0.29) is 6.42 Å². The molecule has 7 heteroatoms. The van der Waals surface area contributed by atoms with Gasteiger partial charge in [0.25, 0.3) is 5.91 Å². The molecule has 4 aromatic carbocycles. The Morgan fingerprint density at radius 1 is 0.806 bits per heavy atom. The summed E-state index contributed by atoms with van der Waals surface area (Å²) < 4.78 is 52.3. The molecule has 0 radical (unpaired) electrons. The van der Waals surface area contributed by atoms with Crippen LogP contribution in [-0.2, 0) is 12.6 Å². The van der Waals surface area contributed by atoms with Gasteiger partial charge in [0, 0.05) is 5.56 Å². The summed E-state index contributed by atoms with van der Waals surface area (Å²) >= 11 is 0. The molecular weight excluding hydrogens is 470 g/mol. The first-order chi connectivity index (χ1) is 17.2. The number of benzene rings is 4. The van der Waals surface area contributed by atoms with Crippen molar-refractivity contribution >= 4 is 5.91 Å². The van der Waals surface area contributed by atoms with E-state index < -0.39 is 35.6 Å². The van der Waals surface area contributed by atoms with Gasteiger partial charge in [-0.3, -0.25) is 4.79 Å². The van der Waals surface area contributed by atoms with Crippen LogP contribution in [0.1, 0.15) is 33.2 Å². The molecule has 0 aliphatic rings. The third-order valence-corrected chi connectivity index (χ3v) is 5.88. The first kappa shape index (κ1) is 25.1. The fourth-order valence-electron chi connectivity index (χ4n) is 3.94. The minimum absolute atomic E-state index is 0.0563. The van der Waals surface area contributed by atoms with Crippen molar-refractivity contribution in [2.45, 2.75) is 24.7 Å². The number of hydrogen-bond donors (Lipinski definition) is 2. The average molecular weight is 494 g/mol. The van der Waals surface area contributed by atoms with Gasteiger partial charge < -0.3 is 10.4 Å². The van der Waals surface area contributed by atoms with Crippen molar-refractivity contribution in [3.63, 3.8) is 0 Å². The molecule has 0 aliphatic heterocycles. The maximum atomic E-state index is 13.4. The highest BCUT2D eigenvalue weighted by atomic mass is 19.4. The van der Waals surface area contributed by atoms with Crippen LogP contribution in [0, 0.1) is 5.82 Å². The fourth-order valence-corrected chi connectivity index (χ4v) is 3.94. The van der Waals surface area contributed by atoms with Gasteiger partial charge in [-0.15, -0.1) is 0 Å². The molecule has 3 nitrogen and oxygen atoms in total. The lowest BCUT2D eigenvalue weighted by molar-refractivity contribution is -0.137. The topological polar surface area (TPSA) is 49.3 Å². The lowest BCUT2D eigenvalue weighted by atomic mass is 9.95. The second-order valence-electron chi connectivity index (χ2n) is 8.42. The summed E-state index contributed by atoms with van der Waals surface area (Å²) in [7, 11) is 0. The molecular formula is C29H23F4NO2. The van der Waals surface area contributed by atoms with E-state index in [9.17, 15) is 27.5 Å². The molecule has 4 aromatic rings. The molecule has 0 saturated carbocycles. The Morgan fingerprint density at radius 2 is 1.44 bits per heavy atom. The smallest absolute Gasteiger partial charge is 0.386 e. The molecule has 0 bridgehead atoms. The van der Waals surface area contributed by atoms with Crippen molar-refractivity contribution in [2.24, 2.45) is 0 Å². The third kappa shape index (κ3) is 6.17. The Morgan fingerprint density at radius 3 is 2.08 bits per heavy atom. The number of halogens is 4. The Hall–Kier alpha value is -3.97. The lowest BCUT2D eigenvalue weighted by Crippen LogP contribution is -2.41. The van der Waals surface area contributed by atoms with Crippen LogP contribution >= 0.6 is 0 Å². The van der Waals surface area contributed by atoms with Crippen LogP contribution in [0.3, 0.4) is 0 Å². The van der Waals surface area contributed by atoms with Gasteiger partial charge in [-0.1, -0.05) is 66.7 Å². The highest BCUT2D eigenvalue weighted by molar-refractivity contribution is 5.95. The Bertz CT molecular complexity index is 1300. The largest absolute Gasteiger partial charge is 0.416 e. The van der Waals surface area contributed by atoms with Gasteiger partial charge in [0.05, 0.1) is 17.7 Å². The van der Waals surface area contributed by atoms with Crippen molar-refractivity contribution in [2.75, 3.05) is 0 Å². The number of alkyl halides is 3. The van der Waals surface area contributed by atoms with E-state index in [2.05, 4.69) is 5.32 Å². The van der Waals surface area contributed by atoms with Crippen LogP contribution in [0.25, 0.3) is 11.1 Å². The third-order valence-electron chi connectivity index (χ3n) is 5.88. The zero-order chi connectivity index (χ0) is 25.7. The first-order valence-electron chi connectivity index (χ1n) is 11.3. The molecule has 0 aliphatic carbocycles. The second kappa shape index (κ2) is 10.7. The molecule has 2 unspecified atom stereocenters. The van der Waals surface area contributed by atoms with Gasteiger partial charge in [0.1, 0.15) is 5.82 Å². The van der Waals surface area contributed by atoms with Crippen LogP contribution in [0.2, 0.25) is 0 Å². The zero-order valence-electron chi connectivity index (χ0n) is 19.0. The lowest BCUT2D eigenvalue weighted by Gasteiger charge is -2.25. The van der Waals surface area contributed by atoms with E-state index in [1.165, 1.54) is 36.4 Å². The fraction of sp³-hybridized carbons (Fsp3) is 0.138. The van der Waals surface area contributed by atoms with Crippen LogP contribution in [0.15, 0.2) is 103 Å². The SMILES string of the molecule is O=C(NC(Cc1ccc(C(F)(F)F)cc1)C(O)c1ccc(F)cc1)c1cccc(-c2ccccc2)c1. The number of carbonyl (C=O) groups excluding carboxylic acids is 1. The van der Waals surface area contributed by atoms with E-state index in [1.54, 1.807) is 18.2 Å². The van der Waals surface area contributed by atoms with Crippen molar-refractivity contribution in [3.05, 3.63) is 131 Å². The van der Waals surface area contributed by atoms with Gasteiger partial charge in [0.2, 0.25) is 0 Å². The van der Waals surface area contributed by atoms with Gasteiger partial charge in [-0.05, 0) is 65.1 Å². The summed E-state index contributed by atoms with van der Waals surface area (Å²) in [5.74, 6) is -0.933. The molecule has 2 N–H and O–H groups in total. The first-order valence-corrected chi connectivity index (χ1v) is 11.3. The molecule has 36 heavy (non-hydrogen) atoms. The van der Waals surface area contributed by atoms with Crippen LogP contribution in [0.4, 0.5) is 17.6 Å². The molecule has 1 amide bonds. The molecule has 4 rings (SSSR count). The molecule has 0 spiro atoms. The molecule has 0 saturated heterocycles. The quantitative estimate of drug-likeness (QED) is 0.286. The predicted octanol–water partition coefficient (Wildman–Crippen LogP) is 6.59. The van der Waals surface area contributed by atoms with Crippen LogP contribution < -0.4 is 5.32 Å². The second-order valence-corrected chi connectivity index (χ2v) is 8.42. The summed E-state index contributed by atoms with van der Waals surface area (Å²) in [6.45, 7) is 0. The monoisotopic (exact) mass is 493 g/mol. The number of amides is 1. The number of rotatable bonds is 7. The normalized spacial score (nSPS) is 13.1. The number of nitrogens with one attached hydrogen (secondary N) is 1. The number of hydrogen-bond acceptors (Lipinski definition) is 2. The Kier molecular flexibility index (Phi) is 7.50. The average Bonchev–Trinajstić information content (AvgIpc) is 2.88. The van der Waals surface area contributed by atoms with Gasteiger partial charge in [-0.2, -0.15) is 13.2 Å². The van der Waals surface area contributed by atoms with E-state index in [0.29, 0.717) is 16.7 Å². The number of carbonyl (C=O) groups is 1. The maximum Gasteiger partial charge on any atom is 0.416 e. The Balaban J connectivity index is 1.59. The summed E-state index contributed by atoms with van der Waals surface area (Å²) in [4.78, 5) is 13.2. The zero-order valence-corrected chi connectivity index (χ0v) is 19.0. The molecule has 0 fully saturated rings. The van der Waals surface area contributed by atoms with Crippen molar-refractivity contribution < 1.29 is 27.5 Å². The number of aliphatic hydroxyl groups is 1. The van der Waals surface area contributed by atoms with Crippen molar-refractivity contribution in [3.8, 4) is 11.1 Å². The molecule has 184 valence electrons. The van der Waals surface area contributed by atoms with Gasteiger partial charge in [0.15, 0.2) is 0 Å². The standard InChI is InChI=1S/C29H23F4NO2/c30-25-15-11-21(12-16-25)27(35)26(17-19-9-13-24(14-10-19)29(31,32)33)34-28(36)23-8-4-7-22(18-23)20-5-2-1-3-6-20/h1-16,18,26-27,35H,17H2,(H,34,36). The predicted molar refractivity (Wildman–Crippen MR) is 130 cm³/mol. The Labute approximate surface area is 206 Å². The highest BCUT2D eigenvalue weighted by Crippen LogP contribution is 2.30. The summed E-state index contributed by atoms with van der Waals surface area (Å²) in [6.07, 6.45) is -5.64. The maximum absolute atomic E-state index is 13.4. The molecule has 0 heterocycles. The minimum atomic E-state index is -4.47. The van der Waals surface area contributed by atoms with Gasteiger partial charge in [-0.25, -0.2) is 4.39 Å². The highest BCUT2D eigenvalue weighted by Gasteiger charge is 2.30. The molecule has 2 atom stereocenters. The van der Waals surface area contributed by atoms with Crippen LogP contribution in [0.5, 0.6) is 0 Å². The van der Waals surface area contributed by atoms with Crippen molar-refractivity contribution in [1.29, 1.82) is 0 Å². The van der Waals surface area contributed by atoms with E-state index in [4.69, 9.17) is 0 Å².